The summed E-state index contributed by atoms with van der Waals surface area (Å²) < 4.78 is 0. The van der Waals surface area contributed by atoms with Crippen molar-refractivity contribution in [2.45, 2.75) is 39.0 Å². The van der Waals surface area contributed by atoms with Crippen molar-refractivity contribution in [1.29, 1.82) is 0 Å². The first-order valence-electron chi connectivity index (χ1n) is 7.52. The van der Waals surface area contributed by atoms with Crippen LogP contribution in [0.2, 0.25) is 0 Å². The largest absolute Gasteiger partial charge is 0.330 e. The van der Waals surface area contributed by atoms with E-state index in [0.717, 1.165) is 19.4 Å². The molecule has 2 N–H and O–H groups in total. The number of aryl methyl sites for hydroxylation is 3. The van der Waals surface area contributed by atoms with Crippen LogP contribution in [0, 0.1) is 13.8 Å². The topological polar surface area (TPSA) is 26.0 Å². The number of hydrogen-bond acceptors (Lipinski definition) is 1. The Labute approximate surface area is 122 Å². The van der Waals surface area contributed by atoms with E-state index in [1.807, 2.05) is 0 Å². The summed E-state index contributed by atoms with van der Waals surface area (Å²) in [5.74, 6) is 0.485. The van der Waals surface area contributed by atoms with E-state index in [1.165, 1.54) is 28.7 Å². The first-order valence-corrected chi connectivity index (χ1v) is 7.52. The van der Waals surface area contributed by atoms with Gasteiger partial charge in [-0.15, -0.1) is 0 Å². The van der Waals surface area contributed by atoms with Crippen LogP contribution in [0.3, 0.4) is 0 Å². The van der Waals surface area contributed by atoms with E-state index in [9.17, 15) is 0 Å². The second-order valence-corrected chi connectivity index (χ2v) is 5.67. The minimum atomic E-state index is 0.485. The van der Waals surface area contributed by atoms with Gasteiger partial charge in [0.1, 0.15) is 0 Å². The highest BCUT2D eigenvalue weighted by molar-refractivity contribution is 5.33. The zero-order valence-electron chi connectivity index (χ0n) is 12.6. The molecule has 0 amide bonds. The van der Waals surface area contributed by atoms with Crippen molar-refractivity contribution in [3.8, 4) is 0 Å². The van der Waals surface area contributed by atoms with Crippen molar-refractivity contribution in [3.05, 3.63) is 70.8 Å². The smallest absolute Gasteiger partial charge is 0.000813 e. The molecule has 0 bridgehead atoms. The highest BCUT2D eigenvalue weighted by atomic mass is 14.5. The van der Waals surface area contributed by atoms with E-state index in [1.54, 1.807) is 0 Å². The second kappa shape index (κ2) is 7.25. The Kier molecular flexibility index (Phi) is 5.37. The maximum absolute atomic E-state index is 6.00. The predicted octanol–water partition coefficient (Wildman–Crippen LogP) is 4.37. The molecule has 2 aromatic carbocycles. The monoisotopic (exact) mass is 267 g/mol. The molecule has 2 rings (SSSR count). The van der Waals surface area contributed by atoms with Crippen LogP contribution in [-0.2, 0) is 6.42 Å². The van der Waals surface area contributed by atoms with Crippen LogP contribution in [0.5, 0.6) is 0 Å². The van der Waals surface area contributed by atoms with Crippen LogP contribution < -0.4 is 5.73 Å². The molecule has 0 aliphatic carbocycles. The summed E-state index contributed by atoms with van der Waals surface area (Å²) in [5, 5.41) is 0. The SMILES string of the molecule is Cc1ccc(C)c(C(CN)CCCc2ccccc2)c1. The first-order chi connectivity index (χ1) is 9.70. The van der Waals surface area contributed by atoms with Gasteiger partial charge in [-0.3, -0.25) is 0 Å². The lowest BCUT2D eigenvalue weighted by Crippen LogP contribution is -2.14. The fourth-order valence-electron chi connectivity index (χ4n) is 2.80. The molecule has 0 saturated heterocycles. The van der Waals surface area contributed by atoms with Crippen LogP contribution in [0.25, 0.3) is 0 Å². The molecule has 0 saturated carbocycles. The maximum Gasteiger partial charge on any atom is -0.000813 e. The third kappa shape index (κ3) is 3.94. The Morgan fingerprint density at radius 1 is 1.00 bits per heavy atom. The van der Waals surface area contributed by atoms with Gasteiger partial charge in [-0.2, -0.15) is 0 Å². The summed E-state index contributed by atoms with van der Waals surface area (Å²) in [6, 6.07) is 17.4. The Balaban J connectivity index is 1.97. The Morgan fingerprint density at radius 3 is 2.45 bits per heavy atom. The van der Waals surface area contributed by atoms with Crippen LogP contribution >= 0.6 is 0 Å². The van der Waals surface area contributed by atoms with Crippen LogP contribution in [0.4, 0.5) is 0 Å². The van der Waals surface area contributed by atoms with Crippen molar-refractivity contribution in [2.24, 2.45) is 5.73 Å². The molecule has 1 nitrogen and oxygen atoms in total. The Bertz CT molecular complexity index is 531. The molecule has 2 aromatic rings. The molecule has 0 aliphatic rings. The number of benzene rings is 2. The molecule has 0 aliphatic heterocycles. The summed E-state index contributed by atoms with van der Waals surface area (Å²) in [6.45, 7) is 5.08. The van der Waals surface area contributed by atoms with Gasteiger partial charge in [0, 0.05) is 0 Å². The Morgan fingerprint density at radius 2 is 1.75 bits per heavy atom. The predicted molar refractivity (Wildman–Crippen MR) is 87.1 cm³/mol. The fourth-order valence-corrected chi connectivity index (χ4v) is 2.80. The van der Waals surface area contributed by atoms with E-state index in [4.69, 9.17) is 5.73 Å². The summed E-state index contributed by atoms with van der Waals surface area (Å²) in [5.41, 5.74) is 11.5. The van der Waals surface area contributed by atoms with E-state index >= 15 is 0 Å². The van der Waals surface area contributed by atoms with Gasteiger partial charge in [0.05, 0.1) is 0 Å². The number of hydrogen-bond donors (Lipinski definition) is 1. The fraction of sp³-hybridized carbons (Fsp3) is 0.368. The van der Waals surface area contributed by atoms with Crippen molar-refractivity contribution < 1.29 is 0 Å². The van der Waals surface area contributed by atoms with E-state index < -0.39 is 0 Å². The molecule has 1 heteroatoms. The normalized spacial score (nSPS) is 12.3. The molecule has 0 radical (unpaired) electrons. The lowest BCUT2D eigenvalue weighted by molar-refractivity contribution is 0.596. The second-order valence-electron chi connectivity index (χ2n) is 5.67. The van der Waals surface area contributed by atoms with Crippen molar-refractivity contribution >= 4 is 0 Å². The average Bonchev–Trinajstić information content (AvgIpc) is 2.48. The van der Waals surface area contributed by atoms with Gasteiger partial charge in [-0.25, -0.2) is 0 Å². The van der Waals surface area contributed by atoms with Gasteiger partial charge >= 0.3 is 0 Å². The summed E-state index contributed by atoms with van der Waals surface area (Å²) >= 11 is 0. The van der Waals surface area contributed by atoms with Gasteiger partial charge in [0.2, 0.25) is 0 Å². The van der Waals surface area contributed by atoms with Gasteiger partial charge in [-0.1, -0.05) is 54.1 Å². The molecule has 0 spiro atoms. The van der Waals surface area contributed by atoms with E-state index in [-0.39, 0.29) is 0 Å². The third-order valence-electron chi connectivity index (χ3n) is 4.02. The maximum atomic E-state index is 6.00. The van der Waals surface area contributed by atoms with E-state index in [2.05, 4.69) is 62.4 Å². The van der Waals surface area contributed by atoms with Crippen LogP contribution in [0.15, 0.2) is 48.5 Å². The molecule has 20 heavy (non-hydrogen) atoms. The summed E-state index contributed by atoms with van der Waals surface area (Å²) in [7, 11) is 0. The molecule has 0 heterocycles. The first kappa shape index (κ1) is 14.8. The van der Waals surface area contributed by atoms with Crippen LogP contribution in [0.1, 0.15) is 41.0 Å². The van der Waals surface area contributed by atoms with Gasteiger partial charge in [0.15, 0.2) is 0 Å². The van der Waals surface area contributed by atoms with Gasteiger partial charge in [0.25, 0.3) is 0 Å². The lowest BCUT2D eigenvalue weighted by atomic mass is 9.89. The van der Waals surface area contributed by atoms with Crippen molar-refractivity contribution in [1.82, 2.24) is 0 Å². The van der Waals surface area contributed by atoms with Gasteiger partial charge in [-0.05, 0) is 62.3 Å². The molecule has 0 aromatic heterocycles. The summed E-state index contributed by atoms with van der Waals surface area (Å²) in [6.07, 6.45) is 3.50. The highest BCUT2D eigenvalue weighted by Gasteiger charge is 2.12. The van der Waals surface area contributed by atoms with Crippen LogP contribution in [-0.4, -0.2) is 6.54 Å². The molecule has 0 fully saturated rings. The zero-order valence-corrected chi connectivity index (χ0v) is 12.6. The third-order valence-corrected chi connectivity index (χ3v) is 4.02. The number of rotatable bonds is 6. The lowest BCUT2D eigenvalue weighted by Gasteiger charge is -2.18. The Hall–Kier alpha value is -1.60. The summed E-state index contributed by atoms with van der Waals surface area (Å²) in [4.78, 5) is 0. The molecule has 106 valence electrons. The standard InChI is InChI=1S/C19H25N/c1-15-11-12-16(2)19(13-15)18(14-20)10-6-9-17-7-4-3-5-8-17/h3-5,7-8,11-13,18H,6,9-10,14,20H2,1-2H3. The van der Waals surface area contributed by atoms with E-state index in [0.29, 0.717) is 5.92 Å². The average molecular weight is 267 g/mol. The molecule has 1 atom stereocenters. The molecular formula is C19H25N. The molecular weight excluding hydrogens is 242 g/mol. The number of nitrogens with two attached hydrogens (primary N) is 1. The minimum absolute atomic E-state index is 0.485. The zero-order chi connectivity index (χ0) is 14.4. The van der Waals surface area contributed by atoms with Crippen molar-refractivity contribution in [2.75, 3.05) is 6.54 Å². The van der Waals surface area contributed by atoms with Crippen molar-refractivity contribution in [3.63, 3.8) is 0 Å². The van der Waals surface area contributed by atoms with Gasteiger partial charge < -0.3 is 5.73 Å². The molecule has 1 unspecified atom stereocenters. The highest BCUT2D eigenvalue weighted by Crippen LogP contribution is 2.25. The quantitative estimate of drug-likeness (QED) is 0.826. The minimum Gasteiger partial charge on any atom is -0.330 e.